The molecule has 0 atom stereocenters. The number of carbonyl (C=O) groups excluding carboxylic acids is 1. The Morgan fingerprint density at radius 1 is 1.18 bits per heavy atom. The molecule has 0 bridgehead atoms. The Balaban J connectivity index is 1.14. The van der Waals surface area contributed by atoms with Crippen molar-refractivity contribution in [3.63, 3.8) is 0 Å². The van der Waals surface area contributed by atoms with E-state index in [1.54, 1.807) is 21.8 Å². The molecular formula is C26H32N10O2. The van der Waals surface area contributed by atoms with Crippen molar-refractivity contribution in [3.8, 4) is 0 Å². The number of hydrogen-bond acceptors (Lipinski definition) is 9. The maximum Gasteiger partial charge on any atom is 0.252 e. The van der Waals surface area contributed by atoms with Gasteiger partial charge in [0.05, 0.1) is 47.3 Å². The van der Waals surface area contributed by atoms with Gasteiger partial charge in [-0.2, -0.15) is 10.2 Å². The standard InChI is InChI=1S/C26H32N10O2/c1-17-21(10-19(12-28-17)25(37)27-6-8-36-7-4-5-26(36)15-38-16-26)31-23-20-13-29-22(32-24(20)35(3)33-23)9-18-11-30-34(2)14-18/h10-14H,4-9,15-16H2,1-3H3,(H,27,37)(H,31,33). The van der Waals surface area contributed by atoms with Gasteiger partial charge in [-0.3, -0.25) is 19.4 Å². The van der Waals surface area contributed by atoms with Crippen molar-refractivity contribution >= 4 is 28.4 Å². The second-order valence-electron chi connectivity index (χ2n) is 10.2. The van der Waals surface area contributed by atoms with Crippen molar-refractivity contribution in [2.24, 2.45) is 14.1 Å². The number of aryl methyl sites for hydroxylation is 3. The van der Waals surface area contributed by atoms with Crippen LogP contribution in [0.4, 0.5) is 11.5 Å². The normalized spacial score (nSPS) is 16.7. The lowest BCUT2D eigenvalue weighted by Crippen LogP contribution is -2.59. The summed E-state index contributed by atoms with van der Waals surface area (Å²) < 4.78 is 8.95. The van der Waals surface area contributed by atoms with Crippen LogP contribution in [0.3, 0.4) is 0 Å². The molecule has 38 heavy (non-hydrogen) atoms. The van der Waals surface area contributed by atoms with Crippen LogP contribution in [0.1, 0.15) is 40.3 Å². The second kappa shape index (κ2) is 9.76. The lowest BCUT2D eigenvalue weighted by atomic mass is 9.94. The minimum absolute atomic E-state index is 0.145. The molecule has 2 aliphatic rings. The number of ether oxygens (including phenoxy) is 1. The molecule has 1 amide bonds. The van der Waals surface area contributed by atoms with Crippen LogP contribution in [0.2, 0.25) is 0 Å². The highest BCUT2D eigenvalue weighted by Gasteiger charge is 2.46. The summed E-state index contributed by atoms with van der Waals surface area (Å²) in [6.45, 7) is 5.97. The molecule has 2 N–H and O–H groups in total. The first-order valence-electron chi connectivity index (χ1n) is 12.9. The quantitative estimate of drug-likeness (QED) is 0.360. The van der Waals surface area contributed by atoms with Crippen molar-refractivity contribution in [3.05, 3.63) is 53.5 Å². The molecule has 0 radical (unpaired) electrons. The van der Waals surface area contributed by atoms with Crippen LogP contribution < -0.4 is 10.6 Å². The van der Waals surface area contributed by atoms with Gasteiger partial charge >= 0.3 is 0 Å². The highest BCUT2D eigenvalue weighted by molar-refractivity contribution is 5.95. The number of aromatic nitrogens is 7. The molecule has 12 nitrogen and oxygen atoms in total. The summed E-state index contributed by atoms with van der Waals surface area (Å²) in [5, 5.41) is 16.0. The first-order chi connectivity index (χ1) is 18.4. The molecule has 2 saturated heterocycles. The summed E-state index contributed by atoms with van der Waals surface area (Å²) in [5.74, 6) is 1.16. The summed E-state index contributed by atoms with van der Waals surface area (Å²) in [6, 6.07) is 1.81. The maximum atomic E-state index is 12.9. The van der Waals surface area contributed by atoms with Gasteiger partial charge in [0.25, 0.3) is 5.91 Å². The summed E-state index contributed by atoms with van der Waals surface area (Å²) >= 11 is 0. The minimum atomic E-state index is -0.145. The lowest BCUT2D eigenvalue weighted by molar-refractivity contribution is -0.122. The van der Waals surface area contributed by atoms with Crippen molar-refractivity contribution in [2.75, 3.05) is 38.2 Å². The van der Waals surface area contributed by atoms with Crippen LogP contribution >= 0.6 is 0 Å². The van der Waals surface area contributed by atoms with Crippen molar-refractivity contribution in [1.82, 2.24) is 44.7 Å². The zero-order valence-corrected chi connectivity index (χ0v) is 21.9. The third-order valence-electron chi connectivity index (χ3n) is 7.50. The summed E-state index contributed by atoms with van der Waals surface area (Å²) in [6.07, 6.45) is 10.1. The number of nitrogens with one attached hydrogen (secondary N) is 2. The average Bonchev–Trinajstić information content (AvgIpc) is 3.58. The van der Waals surface area contributed by atoms with E-state index in [4.69, 9.17) is 9.72 Å². The molecule has 6 rings (SSSR count). The summed E-state index contributed by atoms with van der Waals surface area (Å²) in [5.41, 5.74) is 3.93. The summed E-state index contributed by atoms with van der Waals surface area (Å²) in [4.78, 5) is 29.1. The zero-order valence-electron chi connectivity index (χ0n) is 21.9. The number of carbonyl (C=O) groups is 1. The van der Waals surface area contributed by atoms with Crippen LogP contribution in [0, 0.1) is 6.92 Å². The highest BCUT2D eigenvalue weighted by atomic mass is 16.5. The number of likely N-dealkylation sites (tertiary alicyclic amines) is 1. The minimum Gasteiger partial charge on any atom is -0.377 e. The van der Waals surface area contributed by atoms with Gasteiger partial charge in [0.15, 0.2) is 11.5 Å². The van der Waals surface area contributed by atoms with E-state index in [1.807, 2.05) is 39.5 Å². The Labute approximate surface area is 220 Å². The van der Waals surface area contributed by atoms with Gasteiger partial charge in [-0.1, -0.05) is 0 Å². The zero-order chi connectivity index (χ0) is 26.3. The lowest BCUT2D eigenvalue weighted by Gasteiger charge is -2.45. The van der Waals surface area contributed by atoms with Crippen LogP contribution in [0.25, 0.3) is 11.0 Å². The van der Waals surface area contributed by atoms with Crippen LogP contribution in [-0.2, 0) is 25.3 Å². The van der Waals surface area contributed by atoms with E-state index in [2.05, 4.69) is 35.7 Å². The van der Waals surface area contributed by atoms with Crippen LogP contribution in [0.5, 0.6) is 0 Å². The molecule has 2 aliphatic heterocycles. The number of pyridine rings is 1. The van der Waals surface area contributed by atoms with Crippen molar-refractivity contribution < 1.29 is 9.53 Å². The maximum absolute atomic E-state index is 12.9. The molecule has 4 aromatic rings. The largest absolute Gasteiger partial charge is 0.377 e. The predicted molar refractivity (Wildman–Crippen MR) is 141 cm³/mol. The Kier molecular flexibility index (Phi) is 6.28. The topological polar surface area (TPSA) is 128 Å². The summed E-state index contributed by atoms with van der Waals surface area (Å²) in [7, 11) is 3.74. The van der Waals surface area contributed by atoms with E-state index in [-0.39, 0.29) is 11.4 Å². The van der Waals surface area contributed by atoms with E-state index in [1.165, 1.54) is 12.8 Å². The first-order valence-corrected chi connectivity index (χ1v) is 12.9. The number of anilines is 2. The average molecular weight is 517 g/mol. The Morgan fingerprint density at radius 3 is 2.82 bits per heavy atom. The Hall–Kier alpha value is -3.90. The number of hydrogen-bond donors (Lipinski definition) is 2. The second-order valence-corrected chi connectivity index (χ2v) is 10.2. The smallest absolute Gasteiger partial charge is 0.252 e. The van der Waals surface area contributed by atoms with Crippen LogP contribution in [0.15, 0.2) is 30.9 Å². The molecule has 0 saturated carbocycles. The monoisotopic (exact) mass is 516 g/mol. The molecule has 6 heterocycles. The Morgan fingerprint density at radius 2 is 2.05 bits per heavy atom. The molecule has 0 aromatic carbocycles. The van der Waals surface area contributed by atoms with E-state index in [9.17, 15) is 4.79 Å². The SMILES string of the molecule is Cc1ncc(C(=O)NCCN2CCCC23COC3)cc1Nc1nn(C)c2nc(Cc3cnn(C)c3)ncc12. The van der Waals surface area contributed by atoms with Crippen LogP contribution in [-0.4, -0.2) is 83.7 Å². The third kappa shape index (κ3) is 4.61. The van der Waals surface area contributed by atoms with Crippen molar-refractivity contribution in [2.45, 2.75) is 31.7 Å². The number of fused-ring (bicyclic) bond motifs is 1. The van der Waals surface area contributed by atoms with Gasteiger partial charge in [-0.25, -0.2) is 14.6 Å². The fourth-order valence-electron chi connectivity index (χ4n) is 5.32. The van der Waals surface area contributed by atoms with E-state index >= 15 is 0 Å². The number of rotatable bonds is 8. The van der Waals surface area contributed by atoms with Gasteiger partial charge in [0, 0.05) is 52.2 Å². The van der Waals surface area contributed by atoms with Gasteiger partial charge in [0.2, 0.25) is 0 Å². The third-order valence-corrected chi connectivity index (χ3v) is 7.50. The first kappa shape index (κ1) is 24.4. The van der Waals surface area contributed by atoms with Gasteiger partial charge in [-0.15, -0.1) is 0 Å². The highest BCUT2D eigenvalue weighted by Crippen LogP contribution is 2.35. The fraction of sp³-hybridized carbons (Fsp3) is 0.462. The van der Waals surface area contributed by atoms with E-state index in [0.717, 1.165) is 48.6 Å². The molecule has 0 aliphatic carbocycles. The number of nitrogens with zero attached hydrogens (tertiary/aromatic N) is 8. The molecular weight excluding hydrogens is 484 g/mol. The fourth-order valence-corrected chi connectivity index (χ4v) is 5.32. The predicted octanol–water partition coefficient (Wildman–Crippen LogP) is 1.73. The van der Waals surface area contributed by atoms with Gasteiger partial charge in [-0.05, 0) is 37.9 Å². The van der Waals surface area contributed by atoms with E-state index < -0.39 is 0 Å². The van der Waals surface area contributed by atoms with E-state index in [0.29, 0.717) is 35.9 Å². The number of amides is 1. The molecule has 4 aromatic heterocycles. The molecule has 12 heteroatoms. The molecule has 0 unspecified atom stereocenters. The van der Waals surface area contributed by atoms with Gasteiger partial charge < -0.3 is 15.4 Å². The van der Waals surface area contributed by atoms with Crippen molar-refractivity contribution in [1.29, 1.82) is 0 Å². The molecule has 2 fully saturated rings. The molecule has 1 spiro atoms. The van der Waals surface area contributed by atoms with Gasteiger partial charge in [0.1, 0.15) is 5.82 Å². The Bertz CT molecular complexity index is 1490. The molecule has 198 valence electrons.